The van der Waals surface area contributed by atoms with Crippen LogP contribution in [0.25, 0.3) is 11.5 Å². The van der Waals surface area contributed by atoms with Crippen molar-refractivity contribution in [3.63, 3.8) is 0 Å². The number of thioether (sulfide) groups is 1. The Morgan fingerprint density at radius 2 is 1.81 bits per heavy atom. The van der Waals surface area contributed by atoms with Crippen molar-refractivity contribution in [1.29, 1.82) is 0 Å². The van der Waals surface area contributed by atoms with Crippen molar-refractivity contribution in [2.75, 3.05) is 5.32 Å². The van der Waals surface area contributed by atoms with Gasteiger partial charge in [-0.15, -0.1) is 10.2 Å². The lowest BCUT2D eigenvalue weighted by atomic mass is 10.1. The number of carbonyl (C=O) groups excluding carboxylic acids is 1. The first-order chi connectivity index (χ1) is 12.5. The van der Waals surface area contributed by atoms with E-state index >= 15 is 0 Å². The number of carbonyl (C=O) groups is 1. The molecular formula is C19H19N3O3S. The number of nitrogens with zero attached hydrogens (tertiary/aromatic N) is 2. The van der Waals surface area contributed by atoms with E-state index in [1.165, 1.54) is 11.8 Å². The van der Waals surface area contributed by atoms with Crippen molar-refractivity contribution in [2.45, 2.75) is 31.2 Å². The average Bonchev–Trinajstić information content (AvgIpc) is 3.06. The molecule has 26 heavy (non-hydrogen) atoms. The Bertz CT molecular complexity index is 919. The smallest absolute Gasteiger partial charge is 0.277 e. The summed E-state index contributed by atoms with van der Waals surface area (Å²) in [5.41, 5.74) is 3.30. The fourth-order valence-electron chi connectivity index (χ4n) is 2.46. The number of hydrogen-bond donors (Lipinski definition) is 2. The zero-order chi connectivity index (χ0) is 18.7. The number of para-hydroxylation sites is 2. The quantitative estimate of drug-likeness (QED) is 0.656. The van der Waals surface area contributed by atoms with Gasteiger partial charge in [-0.1, -0.05) is 42.1 Å². The molecule has 0 aliphatic rings. The van der Waals surface area contributed by atoms with Crippen LogP contribution < -0.4 is 5.32 Å². The molecule has 1 aromatic heterocycles. The van der Waals surface area contributed by atoms with Crippen molar-refractivity contribution in [3.8, 4) is 17.2 Å². The van der Waals surface area contributed by atoms with Gasteiger partial charge >= 0.3 is 0 Å². The molecule has 6 nitrogen and oxygen atoms in total. The summed E-state index contributed by atoms with van der Waals surface area (Å²) in [5, 5.41) is 20.6. The normalized spacial score (nSPS) is 12.0. The maximum atomic E-state index is 12.5. The van der Waals surface area contributed by atoms with E-state index in [2.05, 4.69) is 15.5 Å². The van der Waals surface area contributed by atoms with Crippen LogP contribution in [0, 0.1) is 13.8 Å². The minimum atomic E-state index is -0.424. The number of amides is 1. The highest BCUT2D eigenvalue weighted by molar-refractivity contribution is 8.00. The van der Waals surface area contributed by atoms with Crippen molar-refractivity contribution in [2.24, 2.45) is 0 Å². The zero-order valence-electron chi connectivity index (χ0n) is 14.7. The SMILES string of the molecule is Cc1cccc(C)c1NC(=O)C(C)Sc1nnc(-c2ccccc2O)o1. The number of aromatic nitrogens is 2. The molecule has 2 aromatic carbocycles. The van der Waals surface area contributed by atoms with E-state index in [1.54, 1.807) is 31.2 Å². The number of anilines is 1. The Morgan fingerprint density at radius 3 is 2.50 bits per heavy atom. The van der Waals surface area contributed by atoms with Crippen LogP contribution in [0.2, 0.25) is 0 Å². The third-order valence-electron chi connectivity index (χ3n) is 3.92. The van der Waals surface area contributed by atoms with E-state index < -0.39 is 5.25 Å². The second kappa shape index (κ2) is 7.61. The minimum Gasteiger partial charge on any atom is -0.507 e. The highest BCUT2D eigenvalue weighted by atomic mass is 32.2. The predicted molar refractivity (Wildman–Crippen MR) is 101 cm³/mol. The van der Waals surface area contributed by atoms with Crippen molar-refractivity contribution >= 4 is 23.4 Å². The van der Waals surface area contributed by atoms with Gasteiger partial charge in [0.15, 0.2) is 0 Å². The van der Waals surface area contributed by atoms with Crippen molar-refractivity contribution < 1.29 is 14.3 Å². The summed E-state index contributed by atoms with van der Waals surface area (Å²) in [6.45, 7) is 5.69. The molecule has 0 saturated heterocycles. The van der Waals surface area contributed by atoms with Crippen LogP contribution >= 0.6 is 11.8 Å². The van der Waals surface area contributed by atoms with E-state index in [1.807, 2.05) is 32.0 Å². The largest absolute Gasteiger partial charge is 0.507 e. The van der Waals surface area contributed by atoms with E-state index in [-0.39, 0.29) is 22.8 Å². The summed E-state index contributed by atoms with van der Waals surface area (Å²) in [6.07, 6.45) is 0. The number of aromatic hydroxyl groups is 1. The number of benzene rings is 2. The molecule has 0 aliphatic carbocycles. The molecule has 0 fully saturated rings. The van der Waals surface area contributed by atoms with Gasteiger partial charge in [0.2, 0.25) is 5.91 Å². The van der Waals surface area contributed by atoms with Crippen LogP contribution in [0.15, 0.2) is 52.1 Å². The third-order valence-corrected chi connectivity index (χ3v) is 4.85. The number of hydrogen-bond acceptors (Lipinski definition) is 6. The number of nitrogens with one attached hydrogen (secondary N) is 1. The van der Waals surface area contributed by atoms with Crippen molar-refractivity contribution in [3.05, 3.63) is 53.6 Å². The summed E-state index contributed by atoms with van der Waals surface area (Å²) in [5.74, 6) is 0.135. The highest BCUT2D eigenvalue weighted by Gasteiger charge is 2.20. The Balaban J connectivity index is 1.69. The van der Waals surface area contributed by atoms with Gasteiger partial charge < -0.3 is 14.8 Å². The lowest BCUT2D eigenvalue weighted by Gasteiger charge is -2.14. The molecular weight excluding hydrogens is 350 g/mol. The fraction of sp³-hybridized carbons (Fsp3) is 0.211. The van der Waals surface area contributed by atoms with E-state index in [9.17, 15) is 9.90 Å². The first-order valence-electron chi connectivity index (χ1n) is 8.11. The summed E-state index contributed by atoms with van der Waals surface area (Å²) in [6, 6.07) is 12.6. The molecule has 3 aromatic rings. The van der Waals surface area contributed by atoms with Crippen molar-refractivity contribution in [1.82, 2.24) is 10.2 Å². The van der Waals surface area contributed by atoms with Gasteiger partial charge in [-0.2, -0.15) is 0 Å². The van der Waals surface area contributed by atoms with Gasteiger partial charge in [0.25, 0.3) is 11.1 Å². The maximum Gasteiger partial charge on any atom is 0.277 e. The highest BCUT2D eigenvalue weighted by Crippen LogP contribution is 2.31. The molecule has 0 aliphatic heterocycles. The number of phenols is 1. The van der Waals surface area contributed by atoms with Crippen LogP contribution in [0.3, 0.4) is 0 Å². The van der Waals surface area contributed by atoms with Gasteiger partial charge in [-0.3, -0.25) is 4.79 Å². The monoisotopic (exact) mass is 369 g/mol. The Kier molecular flexibility index (Phi) is 5.27. The number of rotatable bonds is 5. The second-order valence-electron chi connectivity index (χ2n) is 5.91. The van der Waals surface area contributed by atoms with Gasteiger partial charge in [0, 0.05) is 5.69 Å². The Labute approximate surface area is 155 Å². The third kappa shape index (κ3) is 3.88. The van der Waals surface area contributed by atoms with Crippen LogP contribution in [0.5, 0.6) is 5.75 Å². The topological polar surface area (TPSA) is 88.2 Å². The molecule has 3 rings (SSSR count). The molecule has 1 amide bonds. The van der Waals surface area contributed by atoms with Crippen LogP contribution in [0.4, 0.5) is 5.69 Å². The first-order valence-corrected chi connectivity index (χ1v) is 8.99. The zero-order valence-corrected chi connectivity index (χ0v) is 15.5. The first kappa shape index (κ1) is 18.0. The van der Waals surface area contributed by atoms with Crippen LogP contribution in [-0.2, 0) is 4.79 Å². The number of aryl methyl sites for hydroxylation is 2. The van der Waals surface area contributed by atoms with E-state index in [4.69, 9.17) is 4.42 Å². The molecule has 0 saturated carbocycles. The van der Waals surface area contributed by atoms with Crippen LogP contribution in [-0.4, -0.2) is 26.5 Å². The second-order valence-corrected chi connectivity index (χ2v) is 7.20. The maximum absolute atomic E-state index is 12.5. The Hall–Kier alpha value is -2.80. The van der Waals surface area contributed by atoms with E-state index in [0.29, 0.717) is 5.56 Å². The molecule has 1 unspecified atom stereocenters. The molecule has 2 N–H and O–H groups in total. The lowest BCUT2D eigenvalue weighted by Crippen LogP contribution is -2.23. The molecule has 0 radical (unpaired) electrons. The minimum absolute atomic E-state index is 0.0634. The van der Waals surface area contributed by atoms with Gasteiger partial charge in [-0.25, -0.2) is 0 Å². The standard InChI is InChI=1S/C19H19N3O3S/c1-11-7-6-8-12(2)16(11)20-17(24)13(3)26-19-22-21-18(25-19)14-9-4-5-10-15(14)23/h4-10,13,23H,1-3H3,(H,20,24). The Morgan fingerprint density at radius 1 is 1.12 bits per heavy atom. The molecule has 0 spiro atoms. The molecule has 7 heteroatoms. The predicted octanol–water partition coefficient (Wildman–Crippen LogP) is 4.18. The van der Waals surface area contributed by atoms with Gasteiger partial charge in [-0.05, 0) is 44.0 Å². The number of phenolic OH excluding ortho intramolecular Hbond substituents is 1. The summed E-state index contributed by atoms with van der Waals surface area (Å²) in [4.78, 5) is 12.5. The lowest BCUT2D eigenvalue weighted by molar-refractivity contribution is -0.115. The molecule has 1 atom stereocenters. The fourth-order valence-corrected chi connectivity index (χ4v) is 3.15. The summed E-state index contributed by atoms with van der Waals surface area (Å²) in [7, 11) is 0. The van der Waals surface area contributed by atoms with Gasteiger partial charge in [0.1, 0.15) is 5.75 Å². The van der Waals surface area contributed by atoms with Gasteiger partial charge in [0.05, 0.1) is 10.8 Å². The average molecular weight is 369 g/mol. The summed E-state index contributed by atoms with van der Waals surface area (Å²) < 4.78 is 5.57. The summed E-state index contributed by atoms with van der Waals surface area (Å²) >= 11 is 1.17. The molecule has 0 bridgehead atoms. The van der Waals surface area contributed by atoms with E-state index in [0.717, 1.165) is 16.8 Å². The molecule has 1 heterocycles. The molecule has 134 valence electrons. The van der Waals surface area contributed by atoms with Crippen LogP contribution in [0.1, 0.15) is 18.1 Å².